The molecule has 19 heavy (non-hydrogen) atoms. The molecule has 0 spiro atoms. The molecule has 106 valence electrons. The highest BCUT2D eigenvalue weighted by atomic mass is 16.5. The van der Waals surface area contributed by atoms with Crippen LogP contribution in [0.3, 0.4) is 0 Å². The summed E-state index contributed by atoms with van der Waals surface area (Å²) in [6.07, 6.45) is 8.35. The molecule has 1 aliphatic rings. The van der Waals surface area contributed by atoms with Gasteiger partial charge >= 0.3 is 0 Å². The van der Waals surface area contributed by atoms with Gasteiger partial charge in [0.15, 0.2) is 0 Å². The van der Waals surface area contributed by atoms with Crippen molar-refractivity contribution in [2.75, 3.05) is 13.2 Å². The summed E-state index contributed by atoms with van der Waals surface area (Å²) in [6.45, 7) is 5.76. The number of aliphatic imine (C=N–C) groups is 2. The number of hydrogen-bond acceptors (Lipinski definition) is 4. The molecule has 3 N–H and O–H groups in total. The summed E-state index contributed by atoms with van der Waals surface area (Å²) in [5, 5.41) is 3.71. The summed E-state index contributed by atoms with van der Waals surface area (Å²) >= 11 is 0. The highest BCUT2D eigenvalue weighted by Crippen LogP contribution is 2.09. The van der Waals surface area contributed by atoms with Crippen molar-refractivity contribution in [3.63, 3.8) is 0 Å². The lowest BCUT2D eigenvalue weighted by atomic mass is 10.1. The topological polar surface area (TPSA) is 84.4 Å². The third-order valence-electron chi connectivity index (χ3n) is 2.81. The van der Waals surface area contributed by atoms with Crippen LogP contribution in [0.1, 0.15) is 26.7 Å². The summed E-state index contributed by atoms with van der Waals surface area (Å²) < 4.78 is 5.28. The number of nitrogens with zero attached hydrogens (tertiary/aromatic N) is 3. The largest absolute Gasteiger partial charge is 0.388 e. The predicted molar refractivity (Wildman–Crippen MR) is 79.6 cm³/mol. The van der Waals surface area contributed by atoms with E-state index in [0.717, 1.165) is 31.6 Å². The molecule has 0 amide bonds. The molecule has 0 aromatic carbocycles. The molecule has 6 heteroatoms. The molecular weight excluding hydrogens is 242 g/mol. The van der Waals surface area contributed by atoms with Crippen LogP contribution >= 0.6 is 0 Å². The molecule has 1 heterocycles. The highest BCUT2D eigenvalue weighted by molar-refractivity contribution is 5.85. The van der Waals surface area contributed by atoms with Crippen LogP contribution in [0, 0.1) is 5.92 Å². The smallest absolute Gasteiger partial charge is 0.110 e. The first-order valence-corrected chi connectivity index (χ1v) is 6.55. The van der Waals surface area contributed by atoms with Gasteiger partial charge in [-0.2, -0.15) is 5.10 Å². The molecule has 0 atom stereocenters. The molecule has 0 unspecified atom stereocenters. The van der Waals surface area contributed by atoms with E-state index in [4.69, 9.17) is 10.5 Å². The zero-order valence-electron chi connectivity index (χ0n) is 11.6. The van der Waals surface area contributed by atoms with E-state index in [1.54, 1.807) is 18.8 Å². The van der Waals surface area contributed by atoms with Gasteiger partial charge in [0.05, 0.1) is 6.04 Å². The van der Waals surface area contributed by atoms with Gasteiger partial charge in [0.1, 0.15) is 12.7 Å². The molecule has 0 aromatic heterocycles. The van der Waals surface area contributed by atoms with E-state index >= 15 is 0 Å². The standard InChI is InChI=1S/C13H23N5O/c1-11(2)12(8-17-18-9-14)7-15-10-16-13-3-5-19-6-4-13/h7-11,13,17H,3-6H2,1-2H3,(H2,14,18). The van der Waals surface area contributed by atoms with Crippen LogP contribution in [-0.2, 0) is 4.74 Å². The third kappa shape index (κ3) is 6.71. The molecule has 0 saturated carbocycles. The minimum atomic E-state index is 0.345. The van der Waals surface area contributed by atoms with Gasteiger partial charge in [-0.15, -0.1) is 0 Å². The first kappa shape index (κ1) is 15.4. The van der Waals surface area contributed by atoms with Crippen LogP contribution in [-0.4, -0.2) is 38.1 Å². The Kier molecular flexibility index (Phi) is 7.50. The Morgan fingerprint density at radius 3 is 2.74 bits per heavy atom. The van der Waals surface area contributed by atoms with Crippen LogP contribution in [0.15, 0.2) is 26.9 Å². The Morgan fingerprint density at radius 1 is 1.37 bits per heavy atom. The van der Waals surface area contributed by atoms with E-state index in [1.807, 2.05) is 0 Å². The maximum atomic E-state index is 5.28. The lowest BCUT2D eigenvalue weighted by molar-refractivity contribution is 0.0872. The molecular formula is C13H23N5O. The van der Waals surface area contributed by atoms with E-state index in [0.29, 0.717) is 12.0 Å². The second-order valence-electron chi connectivity index (χ2n) is 4.59. The summed E-state index contributed by atoms with van der Waals surface area (Å²) in [4.78, 5) is 8.63. The van der Waals surface area contributed by atoms with E-state index in [1.165, 1.54) is 6.34 Å². The molecule has 0 aromatic rings. The first-order chi connectivity index (χ1) is 9.24. The maximum Gasteiger partial charge on any atom is 0.110 e. The molecule has 0 bridgehead atoms. The fourth-order valence-electron chi connectivity index (χ4n) is 1.59. The van der Waals surface area contributed by atoms with Crippen molar-refractivity contribution >= 4 is 18.9 Å². The van der Waals surface area contributed by atoms with Crippen molar-refractivity contribution in [1.29, 1.82) is 0 Å². The van der Waals surface area contributed by atoms with Crippen molar-refractivity contribution in [3.05, 3.63) is 11.8 Å². The van der Waals surface area contributed by atoms with Crippen molar-refractivity contribution in [2.45, 2.75) is 32.7 Å². The Balaban J connectivity index is 2.46. The van der Waals surface area contributed by atoms with Crippen molar-refractivity contribution in [3.8, 4) is 0 Å². The van der Waals surface area contributed by atoms with Crippen molar-refractivity contribution in [2.24, 2.45) is 26.7 Å². The number of ether oxygens (including phenoxy) is 1. The van der Waals surface area contributed by atoms with Gasteiger partial charge in [0.25, 0.3) is 0 Å². The Labute approximate surface area is 114 Å². The van der Waals surface area contributed by atoms with Crippen LogP contribution in [0.5, 0.6) is 0 Å². The van der Waals surface area contributed by atoms with E-state index in [-0.39, 0.29) is 0 Å². The van der Waals surface area contributed by atoms with Gasteiger partial charge in [-0.3, -0.25) is 10.4 Å². The average Bonchev–Trinajstić information content (AvgIpc) is 2.42. The second-order valence-corrected chi connectivity index (χ2v) is 4.59. The van der Waals surface area contributed by atoms with Crippen LogP contribution in [0.4, 0.5) is 0 Å². The fraction of sp³-hybridized carbons (Fsp3) is 0.615. The Morgan fingerprint density at radius 2 is 2.11 bits per heavy atom. The van der Waals surface area contributed by atoms with Crippen LogP contribution < -0.4 is 11.2 Å². The molecule has 1 saturated heterocycles. The molecule has 1 rings (SSSR count). The Hall–Kier alpha value is -1.69. The van der Waals surface area contributed by atoms with E-state index in [2.05, 4.69) is 34.4 Å². The Bertz CT molecular complexity index is 354. The second kappa shape index (κ2) is 9.27. The monoisotopic (exact) mass is 265 g/mol. The zero-order valence-corrected chi connectivity index (χ0v) is 11.6. The summed E-state index contributed by atoms with van der Waals surface area (Å²) in [5.74, 6) is 0.348. The third-order valence-corrected chi connectivity index (χ3v) is 2.81. The molecule has 0 radical (unpaired) electrons. The number of hydrogen-bond donors (Lipinski definition) is 2. The van der Waals surface area contributed by atoms with E-state index < -0.39 is 0 Å². The van der Waals surface area contributed by atoms with Crippen molar-refractivity contribution in [1.82, 2.24) is 5.43 Å². The quantitative estimate of drug-likeness (QED) is 0.431. The number of nitrogens with one attached hydrogen (secondary N) is 1. The van der Waals surface area contributed by atoms with Gasteiger partial charge in [-0.25, -0.2) is 4.99 Å². The number of nitrogens with two attached hydrogens (primary N) is 1. The average molecular weight is 265 g/mol. The first-order valence-electron chi connectivity index (χ1n) is 6.55. The molecule has 1 fully saturated rings. The SMILES string of the molecule is CC(C)C(C=NC=NC1CCOCC1)=CNN=CN. The number of hydrazone groups is 1. The molecule has 6 nitrogen and oxygen atoms in total. The zero-order chi connectivity index (χ0) is 13.9. The summed E-state index contributed by atoms with van der Waals surface area (Å²) in [5.41, 5.74) is 8.92. The summed E-state index contributed by atoms with van der Waals surface area (Å²) in [6, 6.07) is 0.345. The van der Waals surface area contributed by atoms with Crippen LogP contribution in [0.25, 0.3) is 0 Å². The van der Waals surface area contributed by atoms with Gasteiger partial charge in [-0.05, 0) is 24.3 Å². The van der Waals surface area contributed by atoms with Gasteiger partial charge in [-0.1, -0.05) is 13.8 Å². The highest BCUT2D eigenvalue weighted by Gasteiger charge is 2.10. The normalized spacial score (nSPS) is 19.2. The molecule has 1 aliphatic heterocycles. The summed E-state index contributed by atoms with van der Waals surface area (Å²) in [7, 11) is 0. The van der Waals surface area contributed by atoms with E-state index in [9.17, 15) is 0 Å². The van der Waals surface area contributed by atoms with Gasteiger partial charge < -0.3 is 10.5 Å². The van der Waals surface area contributed by atoms with Crippen LogP contribution in [0.2, 0.25) is 0 Å². The predicted octanol–water partition coefficient (Wildman–Crippen LogP) is 1.30. The minimum Gasteiger partial charge on any atom is -0.388 e. The lowest BCUT2D eigenvalue weighted by Gasteiger charge is -2.17. The van der Waals surface area contributed by atoms with Gasteiger partial charge in [0, 0.05) is 25.6 Å². The minimum absolute atomic E-state index is 0.345. The lowest BCUT2D eigenvalue weighted by Crippen LogP contribution is -2.18. The van der Waals surface area contributed by atoms with Crippen molar-refractivity contribution < 1.29 is 4.74 Å². The fourth-order valence-corrected chi connectivity index (χ4v) is 1.59. The number of allylic oxidation sites excluding steroid dienone is 1. The number of rotatable bonds is 6. The molecule has 0 aliphatic carbocycles. The van der Waals surface area contributed by atoms with Gasteiger partial charge in [0.2, 0.25) is 0 Å². The maximum absolute atomic E-state index is 5.28.